The number of nitrogens with one attached hydrogen (secondary N) is 2. The number of benzene rings is 2. The van der Waals surface area contributed by atoms with Crippen molar-refractivity contribution in [3.63, 3.8) is 0 Å². The van der Waals surface area contributed by atoms with E-state index in [1.54, 1.807) is 31.8 Å². The zero-order chi connectivity index (χ0) is 32.2. The van der Waals surface area contributed by atoms with Crippen LogP contribution in [0.2, 0.25) is 0 Å². The van der Waals surface area contributed by atoms with E-state index in [2.05, 4.69) is 72.4 Å². The first kappa shape index (κ1) is 36.7. The highest BCUT2D eigenvalue weighted by Crippen LogP contribution is 2.27. The summed E-state index contributed by atoms with van der Waals surface area (Å²) < 4.78 is 6.19. The van der Waals surface area contributed by atoms with Crippen LogP contribution in [0, 0.1) is 6.92 Å². The van der Waals surface area contributed by atoms with Crippen molar-refractivity contribution < 1.29 is 4.74 Å². The molecule has 0 bridgehead atoms. The van der Waals surface area contributed by atoms with Gasteiger partial charge in [-0.1, -0.05) is 87.8 Å². The van der Waals surface area contributed by atoms with Crippen LogP contribution < -0.4 is 15.6 Å². The van der Waals surface area contributed by atoms with Gasteiger partial charge in [-0.25, -0.2) is 4.98 Å². The third kappa shape index (κ3) is 10.2. The fourth-order valence-corrected chi connectivity index (χ4v) is 4.40. The second kappa shape index (κ2) is 20.6. The number of fused-ring (bicyclic) bond motifs is 3. The number of ether oxygens (including phenoxy) is 1. The minimum absolute atomic E-state index is 0.149. The third-order valence-electron chi connectivity index (χ3n) is 5.77. The first-order chi connectivity index (χ1) is 21.0. The predicted molar refractivity (Wildman–Crippen MR) is 188 cm³/mol. The molecular formula is C35H44BrN5O2. The van der Waals surface area contributed by atoms with E-state index in [1.807, 2.05) is 85.2 Å². The molecule has 7 nitrogen and oxygen atoms in total. The summed E-state index contributed by atoms with van der Waals surface area (Å²) >= 11 is 3.50. The number of hydrogen-bond donors (Lipinski definition) is 2. The van der Waals surface area contributed by atoms with Crippen LogP contribution in [0.3, 0.4) is 0 Å². The van der Waals surface area contributed by atoms with Gasteiger partial charge in [0.2, 0.25) is 0 Å². The monoisotopic (exact) mass is 645 g/mol. The summed E-state index contributed by atoms with van der Waals surface area (Å²) in [5, 5.41) is 9.22. The molecule has 228 valence electrons. The van der Waals surface area contributed by atoms with Crippen molar-refractivity contribution in [1.82, 2.24) is 19.9 Å². The number of rotatable bonds is 2. The van der Waals surface area contributed by atoms with Gasteiger partial charge in [0.15, 0.2) is 0 Å². The van der Waals surface area contributed by atoms with Gasteiger partial charge in [-0.2, -0.15) is 0 Å². The molecule has 0 radical (unpaired) electrons. The number of aromatic nitrogens is 4. The summed E-state index contributed by atoms with van der Waals surface area (Å²) in [7, 11) is 3.44. The number of hydrogen-bond acceptors (Lipinski definition) is 6. The second-order valence-corrected chi connectivity index (χ2v) is 8.88. The van der Waals surface area contributed by atoms with Crippen molar-refractivity contribution in [3.05, 3.63) is 112 Å². The number of aromatic amines is 1. The zero-order valence-corrected chi connectivity index (χ0v) is 28.3. The van der Waals surface area contributed by atoms with Crippen LogP contribution in [0.4, 0.5) is 5.82 Å². The summed E-state index contributed by atoms with van der Waals surface area (Å²) in [6, 6.07) is 18.1. The Morgan fingerprint density at radius 2 is 1.37 bits per heavy atom. The summed E-state index contributed by atoms with van der Waals surface area (Å²) in [5.74, 6) is 1.57. The minimum atomic E-state index is -0.149. The highest BCUT2D eigenvalue weighted by molar-refractivity contribution is 9.10. The number of H-pyrrole nitrogens is 1. The van der Waals surface area contributed by atoms with Crippen molar-refractivity contribution in [2.45, 2.75) is 48.5 Å². The second-order valence-electron chi connectivity index (χ2n) is 8.02. The van der Waals surface area contributed by atoms with Gasteiger partial charge in [0.25, 0.3) is 5.56 Å². The Kier molecular flexibility index (Phi) is 17.6. The molecule has 0 fully saturated rings. The first-order valence-electron chi connectivity index (χ1n) is 14.5. The molecule has 0 aliphatic rings. The Bertz CT molecular complexity index is 1720. The summed E-state index contributed by atoms with van der Waals surface area (Å²) in [6.45, 7) is 14.1. The predicted octanol–water partition coefficient (Wildman–Crippen LogP) is 9.59. The van der Waals surface area contributed by atoms with Crippen LogP contribution in [0.15, 0.2) is 101 Å². The highest BCUT2D eigenvalue weighted by Gasteiger charge is 2.03. The normalized spacial score (nSPS) is 9.26. The van der Waals surface area contributed by atoms with Crippen molar-refractivity contribution in [2.24, 2.45) is 0 Å². The molecule has 0 aliphatic heterocycles. The minimum Gasteiger partial charge on any atom is -0.495 e. The van der Waals surface area contributed by atoms with Crippen LogP contribution in [-0.4, -0.2) is 34.1 Å². The lowest BCUT2D eigenvalue weighted by Gasteiger charge is -2.04. The standard InChI is InChI=1S/C10H9BrN2.C10H9N.C9H8N2O2.3C2H6/c1-12-10-8-3-2-4-9(11)7(8)5-6-13-10;1-8-3-2-4-9-7-11-6-5-10(8)9;1-13-8-5-11-9(12)7-4-10-3-2-6(7)8;3*1-2/h2-6H,1H3,(H,12,13);2-7H,1H3;2-5H,1H3,(H,11,12);3*1-2H3. The lowest BCUT2D eigenvalue weighted by atomic mass is 10.1. The molecule has 0 spiro atoms. The van der Waals surface area contributed by atoms with E-state index in [-0.39, 0.29) is 5.56 Å². The first-order valence-corrected chi connectivity index (χ1v) is 15.3. The maximum atomic E-state index is 11.3. The highest BCUT2D eigenvalue weighted by atomic mass is 79.9. The number of anilines is 1. The molecule has 2 N–H and O–H groups in total. The molecule has 0 aliphatic carbocycles. The van der Waals surface area contributed by atoms with E-state index in [0.29, 0.717) is 11.1 Å². The Morgan fingerprint density at radius 3 is 2.02 bits per heavy atom. The molecule has 0 saturated heterocycles. The summed E-state index contributed by atoms with van der Waals surface area (Å²) in [6.07, 6.45) is 10.2. The molecule has 0 amide bonds. The fraction of sp³-hybridized carbons (Fsp3) is 0.257. The molecule has 0 unspecified atom stereocenters. The van der Waals surface area contributed by atoms with Crippen molar-refractivity contribution in [2.75, 3.05) is 19.5 Å². The third-order valence-corrected chi connectivity index (χ3v) is 6.47. The van der Waals surface area contributed by atoms with Crippen molar-refractivity contribution >= 4 is 54.1 Å². The lowest BCUT2D eigenvalue weighted by Crippen LogP contribution is -2.06. The Labute approximate surface area is 263 Å². The van der Waals surface area contributed by atoms with E-state index in [9.17, 15) is 4.79 Å². The van der Waals surface area contributed by atoms with Gasteiger partial charge in [0.1, 0.15) is 11.6 Å². The van der Waals surface area contributed by atoms with E-state index >= 15 is 0 Å². The van der Waals surface area contributed by atoms with Crippen LogP contribution in [0.25, 0.3) is 32.3 Å². The zero-order valence-electron chi connectivity index (χ0n) is 26.7. The Balaban J connectivity index is 0.000000297. The van der Waals surface area contributed by atoms with E-state index in [0.717, 1.165) is 21.1 Å². The molecular weight excluding hydrogens is 602 g/mol. The molecule has 4 aromatic heterocycles. The average Bonchev–Trinajstić information content (AvgIpc) is 3.09. The number of pyridine rings is 4. The van der Waals surface area contributed by atoms with Gasteiger partial charge in [-0.3, -0.25) is 14.8 Å². The van der Waals surface area contributed by atoms with Gasteiger partial charge in [-0.15, -0.1) is 0 Å². The molecule has 4 heterocycles. The van der Waals surface area contributed by atoms with E-state index in [1.165, 1.54) is 27.9 Å². The summed E-state index contributed by atoms with van der Waals surface area (Å²) in [4.78, 5) is 26.0. The van der Waals surface area contributed by atoms with Gasteiger partial charge >= 0.3 is 0 Å². The SMILES string of the molecule is CC.CC.CC.CNc1nccc2c(Br)cccc12.COc1c[nH]c(=O)c2cnccc12.Cc1cccc2cnccc12. The number of halogens is 1. The van der Waals surface area contributed by atoms with E-state index in [4.69, 9.17) is 4.74 Å². The number of nitrogens with zero attached hydrogens (tertiary/aromatic N) is 3. The Hall–Kier alpha value is -4.30. The van der Waals surface area contributed by atoms with Gasteiger partial charge in [0, 0.05) is 70.2 Å². The Morgan fingerprint density at radius 1 is 0.744 bits per heavy atom. The van der Waals surface area contributed by atoms with Crippen LogP contribution in [0.1, 0.15) is 47.1 Å². The molecule has 0 atom stereocenters. The van der Waals surface area contributed by atoms with Crippen LogP contribution in [-0.2, 0) is 0 Å². The fourth-order valence-electron chi connectivity index (χ4n) is 3.90. The van der Waals surface area contributed by atoms with Gasteiger partial charge in [0.05, 0.1) is 12.5 Å². The maximum absolute atomic E-state index is 11.3. The van der Waals surface area contributed by atoms with Crippen molar-refractivity contribution in [3.8, 4) is 5.75 Å². The lowest BCUT2D eigenvalue weighted by molar-refractivity contribution is 0.418. The largest absolute Gasteiger partial charge is 0.495 e. The smallest absolute Gasteiger partial charge is 0.257 e. The van der Waals surface area contributed by atoms with Crippen molar-refractivity contribution in [1.29, 1.82) is 0 Å². The quantitative estimate of drug-likeness (QED) is 0.195. The van der Waals surface area contributed by atoms with E-state index < -0.39 is 0 Å². The molecule has 6 rings (SSSR count). The number of aryl methyl sites for hydroxylation is 1. The molecule has 6 aromatic rings. The number of methoxy groups -OCH3 is 1. The van der Waals surface area contributed by atoms with Crippen LogP contribution >= 0.6 is 15.9 Å². The average molecular weight is 647 g/mol. The van der Waals surface area contributed by atoms with Gasteiger partial charge in [-0.05, 0) is 42.1 Å². The molecule has 43 heavy (non-hydrogen) atoms. The summed E-state index contributed by atoms with van der Waals surface area (Å²) in [5.41, 5.74) is 1.16. The molecule has 0 saturated carbocycles. The maximum Gasteiger partial charge on any atom is 0.257 e. The van der Waals surface area contributed by atoms with Gasteiger partial charge < -0.3 is 15.0 Å². The molecule has 2 aromatic carbocycles. The molecule has 8 heteroatoms. The topological polar surface area (TPSA) is 92.8 Å². The van der Waals surface area contributed by atoms with Crippen LogP contribution in [0.5, 0.6) is 5.75 Å².